The van der Waals surface area contributed by atoms with Crippen LogP contribution in [0.4, 0.5) is 0 Å². The smallest absolute Gasteiger partial charge is 0.164 e. The summed E-state index contributed by atoms with van der Waals surface area (Å²) in [5, 5.41) is 8.02. The number of nitrogens with zero attached hydrogens (tertiary/aromatic N) is 4. The van der Waals surface area contributed by atoms with Crippen LogP contribution in [-0.4, -0.2) is 19.1 Å². The van der Waals surface area contributed by atoms with Gasteiger partial charge in [-0.05, 0) is 48.5 Å². The fraction of sp³-hybridized carbons (Fsp3) is 0. The van der Waals surface area contributed by atoms with Crippen molar-refractivity contribution in [1.29, 1.82) is 0 Å². The van der Waals surface area contributed by atoms with E-state index in [0.717, 1.165) is 76.7 Å². The molecule has 0 saturated heterocycles. The number of benzene rings is 7. The molecular weight excluding hydrogens is 657 g/mol. The second-order valence-electron chi connectivity index (χ2n) is 13.3. The van der Waals surface area contributed by atoms with E-state index in [2.05, 4.69) is 155 Å². The van der Waals surface area contributed by atoms with Crippen molar-refractivity contribution < 1.29 is 4.42 Å². The normalized spacial score (nSPS) is 12.2. The number of aromatic nitrogens is 4. The number of rotatable bonds is 3. The molecule has 0 bridgehead atoms. The highest BCUT2D eigenvalue weighted by Crippen LogP contribution is 2.45. The van der Waals surface area contributed by atoms with Crippen molar-refractivity contribution in [2.75, 3.05) is 0 Å². The molecule has 0 fully saturated rings. The van der Waals surface area contributed by atoms with Crippen molar-refractivity contribution in [3.63, 3.8) is 0 Å². The predicted molar refractivity (Wildman–Crippen MR) is 216 cm³/mol. The Labute approximate surface area is 300 Å². The van der Waals surface area contributed by atoms with Crippen molar-refractivity contribution in [2.24, 2.45) is 0 Å². The summed E-state index contributed by atoms with van der Waals surface area (Å²) in [7, 11) is 0. The highest BCUT2D eigenvalue weighted by molar-refractivity contribution is 7.26. The van der Waals surface area contributed by atoms with Gasteiger partial charge in [-0.25, -0.2) is 9.97 Å². The van der Waals surface area contributed by atoms with Gasteiger partial charge in [0.1, 0.15) is 11.3 Å². The maximum absolute atomic E-state index is 6.85. The summed E-state index contributed by atoms with van der Waals surface area (Å²) >= 11 is 1.75. The van der Waals surface area contributed by atoms with Gasteiger partial charge in [0.25, 0.3) is 0 Å². The Hall–Kier alpha value is -6.76. The van der Waals surface area contributed by atoms with E-state index >= 15 is 0 Å². The van der Waals surface area contributed by atoms with E-state index in [0.29, 0.717) is 5.82 Å². The second-order valence-corrected chi connectivity index (χ2v) is 14.4. The molecule has 12 rings (SSSR count). The summed E-state index contributed by atoms with van der Waals surface area (Å²) in [6.07, 6.45) is 0. The van der Waals surface area contributed by atoms with E-state index in [4.69, 9.17) is 14.4 Å². The lowest BCUT2D eigenvalue weighted by atomic mass is 10.1. The quantitative estimate of drug-likeness (QED) is 0.186. The van der Waals surface area contributed by atoms with E-state index in [1.807, 2.05) is 12.1 Å². The third-order valence-electron chi connectivity index (χ3n) is 10.6. The summed E-state index contributed by atoms with van der Waals surface area (Å²) < 4.78 is 13.8. The van der Waals surface area contributed by atoms with Crippen molar-refractivity contribution >= 4 is 97.2 Å². The molecule has 5 aromatic heterocycles. The minimum atomic E-state index is 0.645. The molecule has 242 valence electrons. The average molecular weight is 683 g/mol. The topological polar surface area (TPSA) is 48.8 Å². The third kappa shape index (κ3) is 3.71. The zero-order valence-electron chi connectivity index (χ0n) is 27.6. The Kier molecular flexibility index (Phi) is 5.59. The molecule has 0 N–H and O–H groups in total. The van der Waals surface area contributed by atoms with E-state index in [9.17, 15) is 0 Å². The summed E-state index contributed by atoms with van der Waals surface area (Å²) in [6.45, 7) is 0. The van der Waals surface area contributed by atoms with Gasteiger partial charge < -0.3 is 8.98 Å². The molecule has 7 aromatic carbocycles. The van der Waals surface area contributed by atoms with Gasteiger partial charge in [-0.3, -0.25) is 4.57 Å². The first kappa shape index (κ1) is 28.0. The number of fused-ring (bicyclic) bond motifs is 12. The van der Waals surface area contributed by atoms with Crippen LogP contribution >= 0.6 is 11.3 Å². The first-order chi connectivity index (χ1) is 25.8. The monoisotopic (exact) mass is 682 g/mol. The lowest BCUT2D eigenvalue weighted by molar-refractivity contribution is 0.666. The Morgan fingerprint density at radius 3 is 1.60 bits per heavy atom. The van der Waals surface area contributed by atoms with Gasteiger partial charge >= 0.3 is 0 Å². The Balaban J connectivity index is 1.28. The first-order valence-electron chi connectivity index (χ1n) is 17.4. The largest absolute Gasteiger partial charge is 0.454 e. The molecule has 0 saturated carbocycles. The van der Waals surface area contributed by atoms with Crippen LogP contribution in [0.5, 0.6) is 0 Å². The van der Waals surface area contributed by atoms with Crippen LogP contribution in [0.2, 0.25) is 0 Å². The maximum atomic E-state index is 6.85. The van der Waals surface area contributed by atoms with Gasteiger partial charge in [0.15, 0.2) is 17.2 Å². The number of para-hydroxylation sites is 5. The van der Waals surface area contributed by atoms with E-state index in [1.54, 1.807) is 11.3 Å². The summed E-state index contributed by atoms with van der Waals surface area (Å²) in [5.41, 5.74) is 8.86. The van der Waals surface area contributed by atoms with Crippen molar-refractivity contribution in [2.45, 2.75) is 0 Å². The molecule has 0 unspecified atom stereocenters. The molecule has 0 aliphatic carbocycles. The van der Waals surface area contributed by atoms with Crippen molar-refractivity contribution in [3.05, 3.63) is 158 Å². The molecule has 0 aliphatic heterocycles. The van der Waals surface area contributed by atoms with Gasteiger partial charge in [-0.2, -0.15) is 0 Å². The number of thiophene rings is 1. The van der Waals surface area contributed by atoms with Crippen molar-refractivity contribution in [3.8, 4) is 22.9 Å². The average Bonchev–Trinajstić information content (AvgIpc) is 3.95. The molecule has 0 amide bonds. The Morgan fingerprint density at radius 2 is 0.962 bits per heavy atom. The maximum Gasteiger partial charge on any atom is 0.164 e. The van der Waals surface area contributed by atoms with E-state index in [1.165, 1.54) is 26.2 Å². The van der Waals surface area contributed by atoms with E-state index < -0.39 is 0 Å². The fourth-order valence-electron chi connectivity index (χ4n) is 8.34. The van der Waals surface area contributed by atoms with Crippen LogP contribution in [0, 0.1) is 0 Å². The molecule has 0 radical (unpaired) electrons. The highest BCUT2D eigenvalue weighted by Gasteiger charge is 2.26. The van der Waals surface area contributed by atoms with Gasteiger partial charge in [-0.15, -0.1) is 11.3 Å². The summed E-state index contributed by atoms with van der Waals surface area (Å²) in [5.74, 6) is 1.52. The summed E-state index contributed by atoms with van der Waals surface area (Å²) in [6, 6.07) is 55.7. The molecule has 5 heterocycles. The molecule has 0 spiro atoms. The third-order valence-corrected chi connectivity index (χ3v) is 11.7. The molecular formula is C46H26N4OS. The van der Waals surface area contributed by atoms with Crippen LogP contribution in [0.15, 0.2) is 162 Å². The molecule has 12 aromatic rings. The lowest BCUT2D eigenvalue weighted by Gasteiger charge is -2.15. The fourth-order valence-corrected chi connectivity index (χ4v) is 9.46. The zero-order valence-corrected chi connectivity index (χ0v) is 28.4. The van der Waals surface area contributed by atoms with Crippen molar-refractivity contribution in [1.82, 2.24) is 19.1 Å². The number of furan rings is 1. The van der Waals surface area contributed by atoms with Crippen LogP contribution in [-0.2, 0) is 0 Å². The standard InChI is InChI=1S/C46H26N4OS/c1-7-19-35-27(13-1)28-14-2-8-20-36(28)49(35)42-34(26-25-32-31-17-5-11-23-39(31)51-43(32)42)45-47-41-33-18-6-12-24-40(33)52-44(41)46(48-45)50-37-21-9-3-15-29(37)30-16-4-10-22-38(30)50/h1-26H. The SMILES string of the molecule is c1ccc2c(c1)oc1c(-n3c4ccccc4c4ccccc43)c(-c3nc(-n4c5ccccc5c5ccccc54)c4sc5ccccc5c4n3)ccc12. The predicted octanol–water partition coefficient (Wildman–Crippen LogP) is 12.6. The number of hydrogen-bond acceptors (Lipinski definition) is 4. The molecule has 0 aliphatic rings. The van der Waals surface area contributed by atoms with Gasteiger partial charge in [0.2, 0.25) is 0 Å². The number of hydrogen-bond donors (Lipinski definition) is 0. The molecule has 6 heteroatoms. The van der Waals surface area contributed by atoms with Gasteiger partial charge in [-0.1, -0.05) is 109 Å². The van der Waals surface area contributed by atoms with Crippen LogP contribution < -0.4 is 0 Å². The summed E-state index contributed by atoms with van der Waals surface area (Å²) in [4.78, 5) is 11.1. The minimum Gasteiger partial charge on any atom is -0.454 e. The molecule has 52 heavy (non-hydrogen) atoms. The van der Waals surface area contributed by atoms with Gasteiger partial charge in [0.05, 0.1) is 32.3 Å². The van der Waals surface area contributed by atoms with Crippen LogP contribution in [0.3, 0.4) is 0 Å². The van der Waals surface area contributed by atoms with Crippen LogP contribution in [0.1, 0.15) is 0 Å². The van der Waals surface area contributed by atoms with Crippen LogP contribution in [0.25, 0.3) is 109 Å². The minimum absolute atomic E-state index is 0.645. The first-order valence-corrected chi connectivity index (χ1v) is 18.2. The van der Waals surface area contributed by atoms with E-state index in [-0.39, 0.29) is 0 Å². The molecule has 5 nitrogen and oxygen atoms in total. The zero-order chi connectivity index (χ0) is 33.9. The Bertz CT molecular complexity index is 3330. The molecule has 0 atom stereocenters. The second kappa shape index (κ2) is 10.4. The lowest BCUT2D eigenvalue weighted by Crippen LogP contribution is -2.04. The highest BCUT2D eigenvalue weighted by atomic mass is 32.1. The Morgan fingerprint density at radius 1 is 0.442 bits per heavy atom. The van der Waals surface area contributed by atoms with Gasteiger partial charge in [0, 0.05) is 48.0 Å².